The van der Waals surface area contributed by atoms with Crippen LogP contribution in [0.3, 0.4) is 0 Å². The van der Waals surface area contributed by atoms with E-state index in [1.807, 2.05) is 36.7 Å². The van der Waals surface area contributed by atoms with Gasteiger partial charge in [-0.15, -0.1) is 0 Å². The number of carbonyl (C=O) groups is 1. The average Bonchev–Trinajstić information content (AvgIpc) is 3.37. The molecule has 7 nitrogen and oxygen atoms in total. The van der Waals surface area contributed by atoms with Crippen molar-refractivity contribution in [2.45, 2.75) is 26.9 Å². The molecule has 1 amide bonds. The van der Waals surface area contributed by atoms with Crippen LogP contribution in [0.1, 0.15) is 33.3 Å². The topological polar surface area (TPSA) is 78.5 Å². The Morgan fingerprint density at radius 2 is 2.04 bits per heavy atom. The van der Waals surface area contributed by atoms with Crippen LogP contribution in [0.5, 0.6) is 11.5 Å². The van der Waals surface area contributed by atoms with Gasteiger partial charge in [0.15, 0.2) is 17.3 Å². The zero-order valence-electron chi connectivity index (χ0n) is 14.9. The van der Waals surface area contributed by atoms with Gasteiger partial charge in [0.1, 0.15) is 5.76 Å². The van der Waals surface area contributed by atoms with Gasteiger partial charge in [-0.2, -0.15) is 5.10 Å². The molecule has 140 valence electrons. The van der Waals surface area contributed by atoms with Crippen LogP contribution in [0.25, 0.3) is 0 Å². The SMILES string of the molecule is Cc1nn(Cc2ccc(C(=O)NCc3ccc4c(c3)OCO4)o2)c(C)c1Br. The Morgan fingerprint density at radius 3 is 2.81 bits per heavy atom. The minimum absolute atomic E-state index is 0.228. The van der Waals surface area contributed by atoms with E-state index in [2.05, 4.69) is 26.3 Å². The van der Waals surface area contributed by atoms with E-state index >= 15 is 0 Å². The van der Waals surface area contributed by atoms with E-state index in [0.717, 1.165) is 27.2 Å². The summed E-state index contributed by atoms with van der Waals surface area (Å²) in [5.41, 5.74) is 2.85. The van der Waals surface area contributed by atoms with E-state index in [1.165, 1.54) is 0 Å². The predicted octanol–water partition coefficient (Wildman–Crippen LogP) is 3.56. The van der Waals surface area contributed by atoms with Crippen molar-refractivity contribution >= 4 is 21.8 Å². The summed E-state index contributed by atoms with van der Waals surface area (Å²) in [5, 5.41) is 7.30. The summed E-state index contributed by atoms with van der Waals surface area (Å²) >= 11 is 3.51. The second kappa shape index (κ2) is 7.11. The summed E-state index contributed by atoms with van der Waals surface area (Å²) in [4.78, 5) is 12.4. The maximum atomic E-state index is 12.4. The number of nitrogens with zero attached hydrogens (tertiary/aromatic N) is 2. The number of aromatic nitrogens is 2. The van der Waals surface area contributed by atoms with Gasteiger partial charge < -0.3 is 19.2 Å². The van der Waals surface area contributed by atoms with Crippen molar-refractivity contribution < 1.29 is 18.7 Å². The molecule has 1 N–H and O–H groups in total. The number of halogens is 1. The van der Waals surface area contributed by atoms with Crippen LogP contribution < -0.4 is 14.8 Å². The molecule has 0 atom stereocenters. The van der Waals surface area contributed by atoms with Crippen molar-refractivity contribution in [2.75, 3.05) is 6.79 Å². The van der Waals surface area contributed by atoms with Gasteiger partial charge in [0, 0.05) is 6.54 Å². The van der Waals surface area contributed by atoms with Crippen molar-refractivity contribution in [1.82, 2.24) is 15.1 Å². The van der Waals surface area contributed by atoms with Gasteiger partial charge in [0.2, 0.25) is 6.79 Å². The molecule has 1 aliphatic rings. The Labute approximate surface area is 164 Å². The van der Waals surface area contributed by atoms with Crippen LogP contribution in [0.2, 0.25) is 0 Å². The monoisotopic (exact) mass is 431 g/mol. The zero-order chi connectivity index (χ0) is 19.0. The normalized spacial score (nSPS) is 12.4. The fourth-order valence-corrected chi connectivity index (χ4v) is 3.17. The van der Waals surface area contributed by atoms with E-state index in [1.54, 1.807) is 12.1 Å². The molecule has 8 heteroatoms. The van der Waals surface area contributed by atoms with Gasteiger partial charge in [-0.05, 0) is 59.6 Å². The summed E-state index contributed by atoms with van der Waals surface area (Å²) in [6, 6.07) is 9.05. The minimum Gasteiger partial charge on any atom is -0.454 e. The number of carbonyl (C=O) groups excluding carboxylic acids is 1. The molecule has 0 spiro atoms. The molecule has 0 unspecified atom stereocenters. The summed E-state index contributed by atoms with van der Waals surface area (Å²) < 4.78 is 19.1. The van der Waals surface area contributed by atoms with Gasteiger partial charge in [0.05, 0.1) is 22.4 Å². The second-order valence-electron chi connectivity index (χ2n) is 6.28. The standard InChI is InChI=1S/C19H18BrN3O4/c1-11-18(20)12(2)23(22-11)9-14-4-6-16(27-14)19(24)21-8-13-3-5-15-17(7-13)26-10-25-15/h3-7H,8-10H2,1-2H3,(H,21,24). The van der Waals surface area contributed by atoms with E-state index in [9.17, 15) is 4.79 Å². The second-order valence-corrected chi connectivity index (χ2v) is 7.07. The maximum Gasteiger partial charge on any atom is 0.287 e. The van der Waals surface area contributed by atoms with E-state index in [4.69, 9.17) is 13.9 Å². The quantitative estimate of drug-likeness (QED) is 0.667. The molecule has 27 heavy (non-hydrogen) atoms. The lowest BCUT2D eigenvalue weighted by molar-refractivity contribution is 0.0921. The molecule has 3 aromatic rings. The molecule has 4 rings (SSSR count). The largest absolute Gasteiger partial charge is 0.454 e. The van der Waals surface area contributed by atoms with Gasteiger partial charge in [-0.1, -0.05) is 6.07 Å². The first kappa shape index (κ1) is 17.7. The number of hydrogen-bond donors (Lipinski definition) is 1. The molecule has 0 fully saturated rings. The lowest BCUT2D eigenvalue weighted by Crippen LogP contribution is -2.22. The number of nitrogens with one attached hydrogen (secondary N) is 1. The highest BCUT2D eigenvalue weighted by atomic mass is 79.9. The highest BCUT2D eigenvalue weighted by Gasteiger charge is 2.16. The van der Waals surface area contributed by atoms with Gasteiger partial charge in [0.25, 0.3) is 5.91 Å². The first-order valence-electron chi connectivity index (χ1n) is 8.46. The summed E-state index contributed by atoms with van der Waals surface area (Å²) in [7, 11) is 0. The Hall–Kier alpha value is -2.74. The fourth-order valence-electron chi connectivity index (χ4n) is 2.88. The highest BCUT2D eigenvalue weighted by molar-refractivity contribution is 9.10. The lowest BCUT2D eigenvalue weighted by Gasteiger charge is -2.05. The number of fused-ring (bicyclic) bond motifs is 1. The molecular formula is C19H18BrN3O4. The van der Waals surface area contributed by atoms with Crippen molar-refractivity contribution in [3.8, 4) is 11.5 Å². The molecule has 3 heterocycles. The molecule has 2 aromatic heterocycles. The molecule has 1 aliphatic heterocycles. The molecule has 0 saturated heterocycles. The Bertz CT molecular complexity index is 1010. The van der Waals surface area contributed by atoms with Gasteiger partial charge in [-0.25, -0.2) is 0 Å². The van der Waals surface area contributed by atoms with Crippen LogP contribution >= 0.6 is 15.9 Å². The van der Waals surface area contributed by atoms with Gasteiger partial charge in [-0.3, -0.25) is 9.48 Å². The molecule has 0 aliphatic carbocycles. The summed E-state index contributed by atoms with van der Waals surface area (Å²) in [5.74, 6) is 2.08. The molecule has 0 saturated carbocycles. The van der Waals surface area contributed by atoms with Crippen molar-refractivity contribution in [2.24, 2.45) is 0 Å². The number of rotatable bonds is 5. The fraction of sp³-hybridized carbons (Fsp3) is 0.263. The van der Waals surface area contributed by atoms with Crippen LogP contribution in [0.15, 0.2) is 39.2 Å². The number of amides is 1. The van der Waals surface area contributed by atoms with E-state index in [-0.39, 0.29) is 18.5 Å². The Morgan fingerprint density at radius 1 is 1.22 bits per heavy atom. The van der Waals surface area contributed by atoms with Crippen molar-refractivity contribution in [3.63, 3.8) is 0 Å². The van der Waals surface area contributed by atoms with Crippen LogP contribution in [0.4, 0.5) is 0 Å². The van der Waals surface area contributed by atoms with Crippen LogP contribution in [-0.4, -0.2) is 22.5 Å². The number of hydrogen-bond acceptors (Lipinski definition) is 5. The van der Waals surface area contributed by atoms with Crippen molar-refractivity contribution in [3.05, 3.63) is 63.3 Å². The van der Waals surface area contributed by atoms with E-state index < -0.39 is 0 Å². The molecular weight excluding hydrogens is 414 g/mol. The average molecular weight is 432 g/mol. The molecule has 0 bridgehead atoms. The third-order valence-corrected chi connectivity index (χ3v) is 5.52. The molecule has 0 radical (unpaired) electrons. The maximum absolute atomic E-state index is 12.4. The molecule has 1 aromatic carbocycles. The lowest BCUT2D eigenvalue weighted by atomic mass is 10.2. The number of furan rings is 1. The highest BCUT2D eigenvalue weighted by Crippen LogP contribution is 2.32. The third-order valence-electron chi connectivity index (χ3n) is 4.37. The smallest absolute Gasteiger partial charge is 0.287 e. The Balaban J connectivity index is 1.39. The summed E-state index contributed by atoms with van der Waals surface area (Å²) in [6.07, 6.45) is 0. The number of benzene rings is 1. The zero-order valence-corrected chi connectivity index (χ0v) is 16.5. The first-order valence-corrected chi connectivity index (χ1v) is 9.25. The van der Waals surface area contributed by atoms with Crippen LogP contribution in [0, 0.1) is 13.8 Å². The third kappa shape index (κ3) is 3.57. The minimum atomic E-state index is -0.270. The number of ether oxygens (including phenoxy) is 2. The number of aryl methyl sites for hydroxylation is 1. The van der Waals surface area contributed by atoms with Gasteiger partial charge >= 0.3 is 0 Å². The van der Waals surface area contributed by atoms with E-state index in [0.29, 0.717) is 24.6 Å². The first-order chi connectivity index (χ1) is 13.0. The van der Waals surface area contributed by atoms with Crippen molar-refractivity contribution in [1.29, 1.82) is 0 Å². The Kier molecular flexibility index (Phi) is 4.65. The summed E-state index contributed by atoms with van der Waals surface area (Å²) in [6.45, 7) is 4.98. The predicted molar refractivity (Wildman–Crippen MR) is 101 cm³/mol. The van der Waals surface area contributed by atoms with Crippen LogP contribution in [-0.2, 0) is 13.1 Å².